The summed E-state index contributed by atoms with van der Waals surface area (Å²) >= 11 is 0. The van der Waals surface area contributed by atoms with E-state index in [2.05, 4.69) is 13.0 Å². The number of ether oxygens (including phenoxy) is 1. The molecule has 0 aliphatic carbocycles. The van der Waals surface area contributed by atoms with Gasteiger partial charge >= 0.3 is 0 Å². The van der Waals surface area contributed by atoms with E-state index in [0.717, 1.165) is 17.7 Å². The third-order valence-electron chi connectivity index (χ3n) is 2.54. The molecule has 2 aromatic rings. The fourth-order valence-electron chi connectivity index (χ4n) is 1.65. The molecular formula is C15H13NO. The van der Waals surface area contributed by atoms with Crippen molar-refractivity contribution in [2.45, 2.75) is 13.3 Å². The first-order chi connectivity index (χ1) is 8.33. The molecule has 0 radical (unpaired) electrons. The molecule has 0 atom stereocenters. The van der Waals surface area contributed by atoms with Gasteiger partial charge in [-0.05, 0) is 36.2 Å². The topological polar surface area (TPSA) is 33.0 Å². The first kappa shape index (κ1) is 11.2. The van der Waals surface area contributed by atoms with Gasteiger partial charge in [-0.15, -0.1) is 0 Å². The van der Waals surface area contributed by atoms with Gasteiger partial charge < -0.3 is 4.74 Å². The van der Waals surface area contributed by atoms with Crippen LogP contribution < -0.4 is 4.74 Å². The molecule has 0 saturated heterocycles. The van der Waals surface area contributed by atoms with Crippen LogP contribution in [0.4, 0.5) is 0 Å². The Morgan fingerprint density at radius 3 is 2.71 bits per heavy atom. The zero-order valence-corrected chi connectivity index (χ0v) is 9.68. The number of hydrogen-bond acceptors (Lipinski definition) is 2. The van der Waals surface area contributed by atoms with E-state index in [1.807, 2.05) is 36.4 Å². The third-order valence-corrected chi connectivity index (χ3v) is 2.54. The summed E-state index contributed by atoms with van der Waals surface area (Å²) in [5.41, 5.74) is 1.77. The molecule has 0 amide bonds. The smallest absolute Gasteiger partial charge is 0.130 e. The van der Waals surface area contributed by atoms with Crippen LogP contribution in [0.1, 0.15) is 18.1 Å². The van der Waals surface area contributed by atoms with E-state index in [1.165, 1.54) is 0 Å². The molecule has 0 fully saturated rings. The third kappa shape index (κ3) is 2.64. The van der Waals surface area contributed by atoms with E-state index in [9.17, 15) is 0 Å². The van der Waals surface area contributed by atoms with Gasteiger partial charge in [-0.25, -0.2) is 0 Å². The van der Waals surface area contributed by atoms with Crippen LogP contribution in [0.15, 0.2) is 48.5 Å². The molecule has 0 spiro atoms. The second-order valence-electron chi connectivity index (χ2n) is 3.70. The van der Waals surface area contributed by atoms with Crippen LogP contribution in [0.5, 0.6) is 11.5 Å². The van der Waals surface area contributed by atoms with Crippen molar-refractivity contribution in [3.8, 4) is 17.6 Å². The molecule has 2 rings (SSSR count). The highest BCUT2D eigenvalue weighted by molar-refractivity contribution is 5.41. The highest BCUT2D eigenvalue weighted by Crippen LogP contribution is 2.25. The van der Waals surface area contributed by atoms with Crippen LogP contribution in [0.3, 0.4) is 0 Å². The molecule has 0 aliphatic rings. The summed E-state index contributed by atoms with van der Waals surface area (Å²) in [6.07, 6.45) is 0.925. The maximum atomic E-state index is 8.82. The Bertz CT molecular complexity index is 555. The Morgan fingerprint density at radius 1 is 1.12 bits per heavy atom. The maximum Gasteiger partial charge on any atom is 0.130 e. The van der Waals surface area contributed by atoms with Gasteiger partial charge in [-0.2, -0.15) is 5.26 Å². The number of aryl methyl sites for hydroxylation is 1. The summed E-state index contributed by atoms with van der Waals surface area (Å²) in [5.74, 6) is 1.55. The molecule has 2 nitrogen and oxygen atoms in total. The minimum Gasteiger partial charge on any atom is -0.457 e. The van der Waals surface area contributed by atoms with Crippen LogP contribution in [-0.4, -0.2) is 0 Å². The number of nitrogens with zero attached hydrogens (tertiary/aromatic N) is 1. The van der Waals surface area contributed by atoms with Crippen molar-refractivity contribution in [1.29, 1.82) is 5.26 Å². The van der Waals surface area contributed by atoms with E-state index in [1.54, 1.807) is 12.1 Å². The van der Waals surface area contributed by atoms with Gasteiger partial charge in [0.2, 0.25) is 0 Å². The molecule has 0 N–H and O–H groups in total. The normalized spacial score (nSPS) is 9.65. The quantitative estimate of drug-likeness (QED) is 0.790. The average Bonchev–Trinajstić information content (AvgIpc) is 2.39. The van der Waals surface area contributed by atoms with Gasteiger partial charge in [0.05, 0.1) is 11.6 Å². The van der Waals surface area contributed by atoms with Crippen molar-refractivity contribution in [2.24, 2.45) is 0 Å². The largest absolute Gasteiger partial charge is 0.457 e. The van der Waals surface area contributed by atoms with Crippen LogP contribution >= 0.6 is 0 Å². The van der Waals surface area contributed by atoms with Gasteiger partial charge in [0, 0.05) is 0 Å². The lowest BCUT2D eigenvalue weighted by Gasteiger charge is -2.09. The van der Waals surface area contributed by atoms with Crippen LogP contribution in [0.25, 0.3) is 0 Å². The monoisotopic (exact) mass is 223 g/mol. The minimum absolute atomic E-state index is 0.608. The zero-order valence-electron chi connectivity index (χ0n) is 9.68. The molecule has 0 bridgehead atoms. The Hall–Kier alpha value is -2.27. The van der Waals surface area contributed by atoms with Crippen LogP contribution in [0.2, 0.25) is 0 Å². The lowest BCUT2D eigenvalue weighted by Crippen LogP contribution is -1.90. The summed E-state index contributed by atoms with van der Waals surface area (Å²) in [4.78, 5) is 0. The van der Waals surface area contributed by atoms with Gasteiger partial charge in [0.1, 0.15) is 11.5 Å². The van der Waals surface area contributed by atoms with Crippen molar-refractivity contribution in [1.82, 2.24) is 0 Å². The molecule has 84 valence electrons. The highest BCUT2D eigenvalue weighted by Gasteiger charge is 2.02. The number of para-hydroxylation sites is 1. The van der Waals surface area contributed by atoms with Crippen molar-refractivity contribution >= 4 is 0 Å². The maximum absolute atomic E-state index is 8.82. The molecule has 0 aromatic heterocycles. The van der Waals surface area contributed by atoms with E-state index < -0.39 is 0 Å². The first-order valence-electron chi connectivity index (χ1n) is 5.59. The van der Waals surface area contributed by atoms with Crippen molar-refractivity contribution in [3.63, 3.8) is 0 Å². The van der Waals surface area contributed by atoms with E-state index in [-0.39, 0.29) is 0 Å². The average molecular weight is 223 g/mol. The minimum atomic E-state index is 0.608. The standard InChI is InChI=1S/C15H13NO/c1-2-13-7-3-4-9-15(13)17-14-8-5-6-12(10-14)11-16/h3-10H,2H2,1H3. The lowest BCUT2D eigenvalue weighted by molar-refractivity contribution is 0.476. The molecule has 0 heterocycles. The lowest BCUT2D eigenvalue weighted by atomic mass is 10.1. The SMILES string of the molecule is CCc1ccccc1Oc1cccc(C#N)c1. The fourth-order valence-corrected chi connectivity index (χ4v) is 1.65. The zero-order chi connectivity index (χ0) is 12.1. The van der Waals surface area contributed by atoms with Gasteiger partial charge in [-0.1, -0.05) is 31.2 Å². The van der Waals surface area contributed by atoms with E-state index >= 15 is 0 Å². The highest BCUT2D eigenvalue weighted by atomic mass is 16.5. The Balaban J connectivity index is 2.28. The van der Waals surface area contributed by atoms with E-state index in [4.69, 9.17) is 10.00 Å². The molecule has 2 heteroatoms. The second kappa shape index (κ2) is 5.18. The number of benzene rings is 2. The Morgan fingerprint density at radius 2 is 1.94 bits per heavy atom. The van der Waals surface area contributed by atoms with Gasteiger partial charge in [0.25, 0.3) is 0 Å². The second-order valence-corrected chi connectivity index (χ2v) is 3.70. The summed E-state index contributed by atoms with van der Waals surface area (Å²) in [7, 11) is 0. The van der Waals surface area contributed by atoms with Crippen LogP contribution in [-0.2, 0) is 6.42 Å². The molecule has 2 aromatic carbocycles. The van der Waals surface area contributed by atoms with Crippen molar-refractivity contribution in [2.75, 3.05) is 0 Å². The predicted octanol–water partition coefficient (Wildman–Crippen LogP) is 3.91. The summed E-state index contributed by atoms with van der Waals surface area (Å²) in [6, 6.07) is 17.2. The summed E-state index contributed by atoms with van der Waals surface area (Å²) < 4.78 is 5.79. The number of hydrogen-bond donors (Lipinski definition) is 0. The Labute approximate surface area is 101 Å². The number of rotatable bonds is 3. The molecule has 0 aliphatic heterocycles. The van der Waals surface area contributed by atoms with Gasteiger partial charge in [-0.3, -0.25) is 0 Å². The Kier molecular flexibility index (Phi) is 3.42. The van der Waals surface area contributed by atoms with Crippen molar-refractivity contribution in [3.05, 3.63) is 59.7 Å². The van der Waals surface area contributed by atoms with Crippen molar-refractivity contribution < 1.29 is 4.74 Å². The molecule has 0 saturated carbocycles. The predicted molar refractivity (Wildman–Crippen MR) is 67.1 cm³/mol. The first-order valence-corrected chi connectivity index (χ1v) is 5.59. The molecular weight excluding hydrogens is 210 g/mol. The van der Waals surface area contributed by atoms with Gasteiger partial charge in [0.15, 0.2) is 0 Å². The molecule has 17 heavy (non-hydrogen) atoms. The molecule has 0 unspecified atom stereocenters. The summed E-state index contributed by atoms with van der Waals surface area (Å²) in [6.45, 7) is 2.09. The fraction of sp³-hybridized carbons (Fsp3) is 0.133. The summed E-state index contributed by atoms with van der Waals surface area (Å²) in [5, 5.41) is 8.82. The van der Waals surface area contributed by atoms with E-state index in [0.29, 0.717) is 11.3 Å². The number of nitriles is 1. The van der Waals surface area contributed by atoms with Crippen LogP contribution in [0, 0.1) is 11.3 Å².